The summed E-state index contributed by atoms with van der Waals surface area (Å²) in [6, 6.07) is 14.3. The standard InChI is InChI=1S/C21H21NO3/c1-15(2)21(24)25-19-12-5-16(6-13-19)7-14-20(23)17-8-10-18(11-9-17)22(3)4/h5-14H,1H2,2-4H3. The average Bonchev–Trinajstić information content (AvgIpc) is 2.60. The Morgan fingerprint density at radius 2 is 1.60 bits per heavy atom. The Hall–Kier alpha value is -3.14. The van der Waals surface area contributed by atoms with Crippen LogP contribution in [-0.2, 0) is 4.79 Å². The van der Waals surface area contributed by atoms with Gasteiger partial charge in [0.2, 0.25) is 0 Å². The first-order valence-corrected chi connectivity index (χ1v) is 7.84. The van der Waals surface area contributed by atoms with Crippen molar-refractivity contribution in [2.24, 2.45) is 0 Å². The lowest BCUT2D eigenvalue weighted by molar-refractivity contribution is -0.130. The molecule has 0 aliphatic rings. The lowest BCUT2D eigenvalue weighted by atomic mass is 10.1. The third-order valence-corrected chi connectivity index (χ3v) is 3.53. The second-order valence-corrected chi connectivity index (χ2v) is 5.88. The number of nitrogens with zero attached hydrogens (tertiary/aromatic N) is 1. The van der Waals surface area contributed by atoms with Crippen molar-refractivity contribution in [3.05, 3.63) is 77.9 Å². The number of esters is 1. The van der Waals surface area contributed by atoms with E-state index in [-0.39, 0.29) is 5.78 Å². The van der Waals surface area contributed by atoms with E-state index >= 15 is 0 Å². The number of hydrogen-bond acceptors (Lipinski definition) is 4. The van der Waals surface area contributed by atoms with Gasteiger partial charge in [0.1, 0.15) is 5.75 Å². The number of ether oxygens (including phenoxy) is 1. The quantitative estimate of drug-likeness (QED) is 0.345. The molecule has 0 atom stereocenters. The van der Waals surface area contributed by atoms with Crippen molar-refractivity contribution in [2.75, 3.05) is 19.0 Å². The first-order chi connectivity index (χ1) is 11.9. The van der Waals surface area contributed by atoms with Gasteiger partial charge in [-0.05, 0) is 55.0 Å². The summed E-state index contributed by atoms with van der Waals surface area (Å²) in [7, 11) is 3.90. The minimum absolute atomic E-state index is 0.0666. The van der Waals surface area contributed by atoms with Gasteiger partial charge < -0.3 is 9.64 Å². The second-order valence-electron chi connectivity index (χ2n) is 5.88. The fraction of sp³-hybridized carbons (Fsp3) is 0.143. The molecule has 0 heterocycles. The summed E-state index contributed by atoms with van der Waals surface area (Å²) in [5, 5.41) is 0. The maximum Gasteiger partial charge on any atom is 0.338 e. The zero-order valence-electron chi connectivity index (χ0n) is 14.7. The highest BCUT2D eigenvalue weighted by molar-refractivity contribution is 6.07. The fourth-order valence-electron chi connectivity index (χ4n) is 2.03. The Labute approximate surface area is 148 Å². The zero-order chi connectivity index (χ0) is 18.4. The molecular weight excluding hydrogens is 314 g/mol. The molecule has 25 heavy (non-hydrogen) atoms. The first kappa shape index (κ1) is 18.2. The molecule has 0 aliphatic heterocycles. The van der Waals surface area contributed by atoms with E-state index in [4.69, 9.17) is 4.74 Å². The van der Waals surface area contributed by atoms with Crippen LogP contribution < -0.4 is 9.64 Å². The third-order valence-electron chi connectivity index (χ3n) is 3.53. The molecule has 0 N–H and O–H groups in total. The molecule has 128 valence electrons. The number of carbonyl (C=O) groups excluding carboxylic acids is 2. The van der Waals surface area contributed by atoms with Crippen molar-refractivity contribution in [1.82, 2.24) is 0 Å². The molecule has 0 bridgehead atoms. The van der Waals surface area contributed by atoms with Crippen molar-refractivity contribution >= 4 is 23.5 Å². The monoisotopic (exact) mass is 335 g/mol. The smallest absolute Gasteiger partial charge is 0.338 e. The lowest BCUT2D eigenvalue weighted by Crippen LogP contribution is -2.08. The Balaban J connectivity index is 2.02. The van der Waals surface area contributed by atoms with Gasteiger partial charge in [0.05, 0.1) is 0 Å². The molecule has 0 fully saturated rings. The predicted molar refractivity (Wildman–Crippen MR) is 101 cm³/mol. The third kappa shape index (κ3) is 5.18. The number of rotatable bonds is 6. The largest absolute Gasteiger partial charge is 0.423 e. The molecule has 0 saturated heterocycles. The maximum atomic E-state index is 12.2. The number of allylic oxidation sites excluding steroid dienone is 1. The fourth-order valence-corrected chi connectivity index (χ4v) is 2.03. The van der Waals surface area contributed by atoms with Crippen LogP contribution in [0.1, 0.15) is 22.8 Å². The SMILES string of the molecule is C=C(C)C(=O)Oc1ccc(C=CC(=O)c2ccc(N(C)C)cc2)cc1. The van der Waals surface area contributed by atoms with Crippen LogP contribution in [0.15, 0.2) is 66.8 Å². The van der Waals surface area contributed by atoms with Crippen molar-refractivity contribution in [3.63, 3.8) is 0 Å². The molecule has 4 heteroatoms. The van der Waals surface area contributed by atoms with Gasteiger partial charge in [0.25, 0.3) is 0 Å². The summed E-state index contributed by atoms with van der Waals surface area (Å²) >= 11 is 0. The van der Waals surface area contributed by atoms with Crippen LogP contribution in [0.3, 0.4) is 0 Å². The molecule has 0 radical (unpaired) electrons. The second kappa shape index (κ2) is 8.11. The lowest BCUT2D eigenvalue weighted by Gasteiger charge is -2.11. The van der Waals surface area contributed by atoms with Crippen LogP contribution in [-0.4, -0.2) is 25.8 Å². The van der Waals surface area contributed by atoms with Crippen LogP contribution in [0, 0.1) is 0 Å². The van der Waals surface area contributed by atoms with Gasteiger partial charge in [-0.1, -0.05) is 24.8 Å². The Morgan fingerprint density at radius 1 is 1.00 bits per heavy atom. The minimum atomic E-state index is -0.459. The van der Waals surface area contributed by atoms with Crippen molar-refractivity contribution in [3.8, 4) is 5.75 Å². The molecule has 0 unspecified atom stereocenters. The molecule has 2 aromatic rings. The first-order valence-electron chi connectivity index (χ1n) is 7.84. The summed E-state index contributed by atoms with van der Waals surface area (Å²) in [4.78, 5) is 25.6. The van der Waals surface area contributed by atoms with Gasteiger partial charge in [0, 0.05) is 30.9 Å². The summed E-state index contributed by atoms with van der Waals surface area (Å²) in [5.41, 5.74) is 2.86. The van der Waals surface area contributed by atoms with Crippen molar-refractivity contribution < 1.29 is 14.3 Å². The van der Waals surface area contributed by atoms with Gasteiger partial charge in [-0.25, -0.2) is 4.79 Å². The Morgan fingerprint density at radius 3 is 2.12 bits per heavy atom. The molecule has 2 rings (SSSR count). The highest BCUT2D eigenvalue weighted by atomic mass is 16.5. The number of benzene rings is 2. The summed E-state index contributed by atoms with van der Waals surface area (Å²) < 4.78 is 5.12. The minimum Gasteiger partial charge on any atom is -0.423 e. The number of hydrogen-bond donors (Lipinski definition) is 0. The molecule has 0 spiro atoms. The van der Waals surface area contributed by atoms with Crippen molar-refractivity contribution in [2.45, 2.75) is 6.92 Å². The number of carbonyl (C=O) groups is 2. The van der Waals surface area contributed by atoms with E-state index in [2.05, 4.69) is 6.58 Å². The van der Waals surface area contributed by atoms with Crippen LogP contribution in [0.25, 0.3) is 6.08 Å². The van der Waals surface area contributed by atoms with E-state index in [0.29, 0.717) is 16.9 Å². The molecule has 4 nitrogen and oxygen atoms in total. The van der Waals surface area contributed by atoms with Crippen LogP contribution in [0.5, 0.6) is 5.75 Å². The van der Waals surface area contributed by atoms with E-state index in [1.54, 1.807) is 37.3 Å². The molecule has 0 saturated carbocycles. The molecule has 2 aromatic carbocycles. The van der Waals surface area contributed by atoms with Crippen molar-refractivity contribution in [1.29, 1.82) is 0 Å². The Bertz CT molecular complexity index is 800. The average molecular weight is 335 g/mol. The van der Waals surface area contributed by atoms with Gasteiger partial charge in [-0.3, -0.25) is 4.79 Å². The Kier molecular flexibility index (Phi) is 5.90. The predicted octanol–water partition coefficient (Wildman–Crippen LogP) is 4.13. The van der Waals surface area contributed by atoms with E-state index in [1.165, 1.54) is 6.08 Å². The molecule has 0 aliphatic carbocycles. The summed E-state index contributed by atoms with van der Waals surface area (Å²) in [6.45, 7) is 5.13. The van der Waals surface area contributed by atoms with E-state index in [1.807, 2.05) is 43.3 Å². The molecule has 0 aromatic heterocycles. The molecule has 0 amide bonds. The maximum absolute atomic E-state index is 12.2. The van der Waals surface area contributed by atoms with Crippen LogP contribution in [0.4, 0.5) is 5.69 Å². The number of anilines is 1. The topological polar surface area (TPSA) is 46.6 Å². The van der Waals surface area contributed by atoms with E-state index < -0.39 is 5.97 Å². The van der Waals surface area contributed by atoms with Gasteiger partial charge >= 0.3 is 5.97 Å². The molecular formula is C21H21NO3. The van der Waals surface area contributed by atoms with Gasteiger partial charge in [-0.2, -0.15) is 0 Å². The summed E-state index contributed by atoms with van der Waals surface area (Å²) in [6.07, 6.45) is 3.26. The summed E-state index contributed by atoms with van der Waals surface area (Å²) in [5.74, 6) is -0.0847. The number of ketones is 1. The zero-order valence-corrected chi connectivity index (χ0v) is 14.7. The van der Waals surface area contributed by atoms with E-state index in [0.717, 1.165) is 11.3 Å². The van der Waals surface area contributed by atoms with E-state index in [9.17, 15) is 9.59 Å². The van der Waals surface area contributed by atoms with Crippen LogP contribution >= 0.6 is 0 Å². The van der Waals surface area contributed by atoms with Crippen LogP contribution in [0.2, 0.25) is 0 Å². The highest BCUT2D eigenvalue weighted by Gasteiger charge is 2.05. The normalized spacial score (nSPS) is 10.5. The highest BCUT2D eigenvalue weighted by Crippen LogP contribution is 2.16. The van der Waals surface area contributed by atoms with Gasteiger partial charge in [0.15, 0.2) is 5.78 Å². The van der Waals surface area contributed by atoms with Gasteiger partial charge in [-0.15, -0.1) is 0 Å².